The number of hydrogen-bond acceptors (Lipinski definition) is 7. The number of alkyl halides is 3. The largest absolute Gasteiger partial charge is 0.490 e. The second kappa shape index (κ2) is 12.6. The number of anilines is 1. The summed E-state index contributed by atoms with van der Waals surface area (Å²) >= 11 is 0. The number of hydrogen-bond donors (Lipinski definition) is 3. The predicted octanol–water partition coefficient (Wildman–Crippen LogP) is 1.85. The van der Waals surface area contributed by atoms with Crippen LogP contribution in [0.5, 0.6) is 0 Å². The SMILES string of the molecule is CN(CC1CCNCC1)C1CCN(c2ccc3c(c2)n(C)c(=O)n3C2CCC(=O)NC2=O)CC1.O=C(O)C(F)(F)F. The summed E-state index contributed by atoms with van der Waals surface area (Å²) in [5.41, 5.74) is 2.45. The highest BCUT2D eigenvalue weighted by Crippen LogP contribution is 2.29. The fraction of sp³-hybridized carbons (Fsp3) is 0.630. The van der Waals surface area contributed by atoms with Gasteiger partial charge in [-0.25, -0.2) is 9.59 Å². The van der Waals surface area contributed by atoms with Gasteiger partial charge in [-0.15, -0.1) is 0 Å². The molecule has 41 heavy (non-hydrogen) atoms. The summed E-state index contributed by atoms with van der Waals surface area (Å²) < 4.78 is 34.9. The second-order valence-electron chi connectivity index (χ2n) is 11.0. The fourth-order valence-corrected chi connectivity index (χ4v) is 5.96. The molecule has 3 aliphatic heterocycles. The number of aromatic nitrogens is 2. The molecule has 0 saturated carbocycles. The number of carbonyl (C=O) groups excluding carboxylic acids is 2. The Kier molecular flexibility index (Phi) is 9.42. The number of benzene rings is 1. The molecule has 0 bridgehead atoms. The summed E-state index contributed by atoms with van der Waals surface area (Å²) in [6.45, 7) is 5.47. The summed E-state index contributed by atoms with van der Waals surface area (Å²) in [7, 11) is 4.03. The lowest BCUT2D eigenvalue weighted by atomic mass is 9.95. The van der Waals surface area contributed by atoms with Gasteiger partial charge in [0.2, 0.25) is 11.8 Å². The summed E-state index contributed by atoms with van der Waals surface area (Å²) in [4.78, 5) is 50.9. The number of aliphatic carboxylic acids is 1. The van der Waals surface area contributed by atoms with Crippen LogP contribution in [0.25, 0.3) is 11.0 Å². The van der Waals surface area contributed by atoms with Crippen LogP contribution in [-0.4, -0.2) is 88.9 Å². The van der Waals surface area contributed by atoms with Gasteiger partial charge in [0.15, 0.2) is 0 Å². The molecule has 1 atom stereocenters. The van der Waals surface area contributed by atoms with Gasteiger partial charge in [0.1, 0.15) is 6.04 Å². The minimum Gasteiger partial charge on any atom is -0.475 e. The molecule has 0 spiro atoms. The van der Waals surface area contributed by atoms with Crippen molar-refractivity contribution < 1.29 is 32.7 Å². The normalized spacial score (nSPS) is 21.1. The molecular formula is C27H37F3N6O5. The number of nitrogens with zero attached hydrogens (tertiary/aromatic N) is 4. The van der Waals surface area contributed by atoms with Crippen molar-refractivity contribution in [3.8, 4) is 0 Å². The van der Waals surface area contributed by atoms with Gasteiger partial charge in [0.25, 0.3) is 0 Å². The maximum atomic E-state index is 13.0. The molecule has 3 fully saturated rings. The van der Waals surface area contributed by atoms with E-state index in [2.05, 4.69) is 39.6 Å². The molecule has 11 nitrogen and oxygen atoms in total. The van der Waals surface area contributed by atoms with E-state index in [1.165, 1.54) is 19.4 Å². The summed E-state index contributed by atoms with van der Waals surface area (Å²) in [6, 6.07) is 6.05. The quantitative estimate of drug-likeness (QED) is 0.456. The number of imidazole rings is 1. The smallest absolute Gasteiger partial charge is 0.475 e. The van der Waals surface area contributed by atoms with Gasteiger partial charge in [-0.2, -0.15) is 13.2 Å². The van der Waals surface area contributed by atoms with Gasteiger partial charge in [-0.1, -0.05) is 0 Å². The maximum absolute atomic E-state index is 13.0. The molecule has 2 aromatic rings. The van der Waals surface area contributed by atoms with E-state index in [1.54, 1.807) is 16.2 Å². The van der Waals surface area contributed by atoms with Crippen molar-refractivity contribution >= 4 is 34.5 Å². The average Bonchev–Trinajstić information content (AvgIpc) is 3.18. The highest BCUT2D eigenvalue weighted by Gasteiger charge is 2.38. The lowest BCUT2D eigenvalue weighted by Gasteiger charge is -2.39. The second-order valence-corrected chi connectivity index (χ2v) is 11.0. The maximum Gasteiger partial charge on any atom is 0.490 e. The number of imide groups is 1. The third kappa shape index (κ3) is 7.10. The van der Waals surface area contributed by atoms with Crippen molar-refractivity contribution in [3.05, 3.63) is 28.7 Å². The molecule has 2 amide bonds. The van der Waals surface area contributed by atoms with Gasteiger partial charge in [-0.3, -0.25) is 24.0 Å². The van der Waals surface area contributed by atoms with Crippen LogP contribution in [0.4, 0.5) is 18.9 Å². The first-order valence-corrected chi connectivity index (χ1v) is 13.9. The Labute approximate surface area is 235 Å². The average molecular weight is 583 g/mol. The Hall–Kier alpha value is -3.39. The number of rotatable bonds is 5. The molecule has 5 rings (SSSR count). The van der Waals surface area contributed by atoms with Crippen LogP contribution in [0, 0.1) is 5.92 Å². The minimum atomic E-state index is -5.08. The number of nitrogens with one attached hydrogen (secondary N) is 2. The monoisotopic (exact) mass is 582 g/mol. The van der Waals surface area contributed by atoms with E-state index < -0.39 is 24.1 Å². The zero-order chi connectivity index (χ0) is 29.9. The number of carbonyl (C=O) groups is 3. The lowest BCUT2D eigenvalue weighted by molar-refractivity contribution is -0.192. The Bertz CT molecular complexity index is 1330. The van der Waals surface area contributed by atoms with E-state index in [1.807, 2.05) is 6.07 Å². The first-order valence-electron chi connectivity index (χ1n) is 13.9. The van der Waals surface area contributed by atoms with Crippen LogP contribution in [-0.2, 0) is 21.4 Å². The summed E-state index contributed by atoms with van der Waals surface area (Å²) in [6.07, 6.45) is 0.342. The van der Waals surface area contributed by atoms with E-state index in [-0.39, 0.29) is 18.0 Å². The van der Waals surface area contributed by atoms with Crippen LogP contribution >= 0.6 is 0 Å². The summed E-state index contributed by atoms with van der Waals surface area (Å²) in [5.74, 6) is -2.62. The number of aryl methyl sites for hydroxylation is 1. The molecule has 3 N–H and O–H groups in total. The van der Waals surface area contributed by atoms with Crippen molar-refractivity contribution in [2.75, 3.05) is 44.7 Å². The van der Waals surface area contributed by atoms with Crippen LogP contribution < -0.4 is 21.2 Å². The van der Waals surface area contributed by atoms with Crippen LogP contribution in [0.3, 0.4) is 0 Å². The van der Waals surface area contributed by atoms with Gasteiger partial charge in [0, 0.05) is 44.8 Å². The van der Waals surface area contributed by atoms with E-state index in [0.29, 0.717) is 12.5 Å². The first-order chi connectivity index (χ1) is 19.4. The number of amides is 2. The molecule has 14 heteroatoms. The zero-order valence-corrected chi connectivity index (χ0v) is 23.2. The Morgan fingerprint density at radius 2 is 1.68 bits per heavy atom. The fourth-order valence-electron chi connectivity index (χ4n) is 5.96. The van der Waals surface area contributed by atoms with Crippen LogP contribution in [0.15, 0.2) is 23.0 Å². The molecule has 0 radical (unpaired) electrons. The van der Waals surface area contributed by atoms with Gasteiger partial charge < -0.3 is 20.2 Å². The van der Waals surface area contributed by atoms with E-state index in [9.17, 15) is 27.6 Å². The Morgan fingerprint density at radius 1 is 1.05 bits per heavy atom. The molecule has 3 aliphatic rings. The van der Waals surface area contributed by atoms with E-state index in [0.717, 1.165) is 61.7 Å². The number of piperidine rings is 3. The zero-order valence-electron chi connectivity index (χ0n) is 23.2. The number of carboxylic acid groups (broad SMARTS) is 1. The molecule has 0 aliphatic carbocycles. The van der Waals surface area contributed by atoms with E-state index >= 15 is 0 Å². The van der Waals surface area contributed by atoms with Crippen molar-refractivity contribution in [2.45, 2.75) is 56.8 Å². The molecule has 1 aromatic carbocycles. The Balaban J connectivity index is 0.000000493. The molecule has 4 heterocycles. The molecule has 226 valence electrons. The number of carboxylic acids is 1. The number of fused-ring (bicyclic) bond motifs is 1. The third-order valence-electron chi connectivity index (χ3n) is 8.30. The van der Waals surface area contributed by atoms with Crippen LogP contribution in [0.1, 0.15) is 44.6 Å². The molecule has 1 unspecified atom stereocenters. The van der Waals surface area contributed by atoms with E-state index in [4.69, 9.17) is 9.90 Å². The van der Waals surface area contributed by atoms with Crippen molar-refractivity contribution in [1.29, 1.82) is 0 Å². The molecule has 1 aromatic heterocycles. The molecule has 3 saturated heterocycles. The van der Waals surface area contributed by atoms with Gasteiger partial charge >= 0.3 is 17.8 Å². The van der Waals surface area contributed by atoms with Crippen LogP contribution in [0.2, 0.25) is 0 Å². The lowest BCUT2D eigenvalue weighted by Crippen LogP contribution is -2.45. The van der Waals surface area contributed by atoms with Crippen molar-refractivity contribution in [2.24, 2.45) is 13.0 Å². The highest BCUT2D eigenvalue weighted by molar-refractivity contribution is 6.00. The van der Waals surface area contributed by atoms with Crippen molar-refractivity contribution in [3.63, 3.8) is 0 Å². The number of halogens is 3. The summed E-state index contributed by atoms with van der Waals surface area (Å²) in [5, 5.41) is 12.9. The Morgan fingerprint density at radius 3 is 2.27 bits per heavy atom. The van der Waals surface area contributed by atoms with Gasteiger partial charge in [-0.05, 0) is 76.4 Å². The minimum absolute atomic E-state index is 0.222. The standard InChI is InChI=1S/C25H36N6O3.C2HF3O2/c1-28(16-17-7-11-26-12-8-17)18-9-13-30(14-10-18)19-3-4-20-22(15-19)29(2)25(34)31(20)21-5-6-23(32)27-24(21)33;3-2(4,5)1(6)7/h3-4,15,17-18,21,26H,5-14,16H2,1-2H3,(H,27,32,33);(H,6,7). The molecular weight excluding hydrogens is 545 g/mol. The predicted molar refractivity (Wildman–Crippen MR) is 146 cm³/mol. The highest BCUT2D eigenvalue weighted by atomic mass is 19.4. The third-order valence-corrected chi connectivity index (χ3v) is 8.30. The van der Waals surface area contributed by atoms with Gasteiger partial charge in [0.05, 0.1) is 11.0 Å². The van der Waals surface area contributed by atoms with Crippen molar-refractivity contribution in [1.82, 2.24) is 24.7 Å². The first kappa shape index (κ1) is 30.6. The topological polar surface area (TPSA) is 129 Å².